The van der Waals surface area contributed by atoms with E-state index in [1.807, 2.05) is 6.92 Å². The standard InChI is InChI=1S/C14H18N4O3/c1-9(13-15-8-16-18(13)2)17-14(19)10-5-6-11(20-3)12(7-10)21-4/h5-9H,1-4H3,(H,17,19). The zero-order valence-electron chi connectivity index (χ0n) is 12.5. The number of aromatic nitrogens is 3. The molecule has 1 amide bonds. The summed E-state index contributed by atoms with van der Waals surface area (Å²) in [5, 5.41) is 6.86. The molecule has 1 N–H and O–H groups in total. The molecule has 0 aliphatic heterocycles. The molecule has 0 bridgehead atoms. The number of carbonyl (C=O) groups is 1. The molecule has 0 aliphatic carbocycles. The van der Waals surface area contributed by atoms with E-state index in [0.29, 0.717) is 22.9 Å². The molecule has 112 valence electrons. The molecule has 1 aromatic carbocycles. The molecule has 21 heavy (non-hydrogen) atoms. The lowest BCUT2D eigenvalue weighted by molar-refractivity contribution is 0.0937. The summed E-state index contributed by atoms with van der Waals surface area (Å²) >= 11 is 0. The van der Waals surface area contributed by atoms with Crippen molar-refractivity contribution < 1.29 is 14.3 Å². The third kappa shape index (κ3) is 3.13. The lowest BCUT2D eigenvalue weighted by Crippen LogP contribution is -2.28. The Morgan fingerprint density at radius 2 is 2.00 bits per heavy atom. The van der Waals surface area contributed by atoms with Crippen LogP contribution in [0.5, 0.6) is 11.5 Å². The van der Waals surface area contributed by atoms with Crippen LogP contribution in [-0.4, -0.2) is 34.9 Å². The minimum absolute atomic E-state index is 0.216. The van der Waals surface area contributed by atoms with Gasteiger partial charge in [-0.3, -0.25) is 9.48 Å². The maximum absolute atomic E-state index is 12.3. The molecular formula is C14H18N4O3. The highest BCUT2D eigenvalue weighted by Gasteiger charge is 2.16. The predicted octanol–water partition coefficient (Wildman–Crippen LogP) is 1.32. The first-order valence-electron chi connectivity index (χ1n) is 6.43. The van der Waals surface area contributed by atoms with Crippen LogP contribution in [0.2, 0.25) is 0 Å². The second kappa shape index (κ2) is 6.25. The second-order valence-electron chi connectivity index (χ2n) is 4.51. The SMILES string of the molecule is COc1ccc(C(=O)NC(C)c2ncnn2C)cc1OC. The summed E-state index contributed by atoms with van der Waals surface area (Å²) in [4.78, 5) is 16.4. The van der Waals surface area contributed by atoms with Crippen molar-refractivity contribution in [2.45, 2.75) is 13.0 Å². The highest BCUT2D eigenvalue weighted by molar-refractivity contribution is 5.95. The van der Waals surface area contributed by atoms with Gasteiger partial charge in [-0.05, 0) is 25.1 Å². The number of carbonyl (C=O) groups excluding carboxylic acids is 1. The zero-order chi connectivity index (χ0) is 15.4. The quantitative estimate of drug-likeness (QED) is 0.898. The van der Waals surface area contributed by atoms with Gasteiger partial charge in [-0.15, -0.1) is 0 Å². The maximum Gasteiger partial charge on any atom is 0.252 e. The van der Waals surface area contributed by atoms with E-state index in [4.69, 9.17) is 9.47 Å². The van der Waals surface area contributed by atoms with Gasteiger partial charge >= 0.3 is 0 Å². The fourth-order valence-corrected chi connectivity index (χ4v) is 2.02. The Balaban J connectivity index is 2.15. The average Bonchev–Trinajstić information content (AvgIpc) is 2.92. The summed E-state index contributed by atoms with van der Waals surface area (Å²) in [7, 11) is 4.86. The summed E-state index contributed by atoms with van der Waals surface area (Å²) < 4.78 is 12.0. The predicted molar refractivity (Wildman–Crippen MR) is 76.4 cm³/mol. The summed E-state index contributed by atoms with van der Waals surface area (Å²) in [6, 6.07) is 4.76. The molecule has 1 atom stereocenters. The first kappa shape index (κ1) is 14.8. The Morgan fingerprint density at radius 1 is 1.29 bits per heavy atom. The molecular weight excluding hydrogens is 272 g/mol. The zero-order valence-corrected chi connectivity index (χ0v) is 12.5. The van der Waals surface area contributed by atoms with E-state index >= 15 is 0 Å². The number of aryl methyl sites for hydroxylation is 1. The Bertz CT molecular complexity index is 639. The smallest absolute Gasteiger partial charge is 0.252 e. The fourth-order valence-electron chi connectivity index (χ4n) is 2.02. The van der Waals surface area contributed by atoms with Gasteiger partial charge in [0.15, 0.2) is 11.5 Å². The van der Waals surface area contributed by atoms with E-state index in [-0.39, 0.29) is 11.9 Å². The van der Waals surface area contributed by atoms with Gasteiger partial charge in [0.05, 0.1) is 20.3 Å². The maximum atomic E-state index is 12.3. The van der Waals surface area contributed by atoms with Gasteiger partial charge in [-0.25, -0.2) is 4.98 Å². The Kier molecular flexibility index (Phi) is 4.42. The van der Waals surface area contributed by atoms with Crippen LogP contribution >= 0.6 is 0 Å². The van der Waals surface area contributed by atoms with Crippen LogP contribution in [0.25, 0.3) is 0 Å². The summed E-state index contributed by atoms with van der Waals surface area (Å²) in [6.07, 6.45) is 1.45. The van der Waals surface area contributed by atoms with Crippen LogP contribution in [0.1, 0.15) is 29.1 Å². The molecule has 1 heterocycles. The van der Waals surface area contributed by atoms with E-state index in [0.717, 1.165) is 0 Å². The first-order valence-corrected chi connectivity index (χ1v) is 6.43. The number of hydrogen-bond acceptors (Lipinski definition) is 5. The van der Waals surface area contributed by atoms with E-state index in [1.165, 1.54) is 13.4 Å². The van der Waals surface area contributed by atoms with Crippen molar-refractivity contribution in [1.82, 2.24) is 20.1 Å². The van der Waals surface area contributed by atoms with Crippen molar-refractivity contribution in [2.75, 3.05) is 14.2 Å². The summed E-state index contributed by atoms with van der Waals surface area (Å²) in [5.74, 6) is 1.56. The van der Waals surface area contributed by atoms with E-state index in [9.17, 15) is 4.79 Å². The highest BCUT2D eigenvalue weighted by Crippen LogP contribution is 2.27. The van der Waals surface area contributed by atoms with Gasteiger partial charge in [0.1, 0.15) is 12.2 Å². The van der Waals surface area contributed by atoms with Crippen molar-refractivity contribution in [3.8, 4) is 11.5 Å². The van der Waals surface area contributed by atoms with Gasteiger partial charge in [-0.2, -0.15) is 5.10 Å². The summed E-state index contributed by atoms with van der Waals surface area (Å²) in [6.45, 7) is 1.85. The number of hydrogen-bond donors (Lipinski definition) is 1. The number of amides is 1. The number of rotatable bonds is 5. The van der Waals surface area contributed by atoms with Gasteiger partial charge in [-0.1, -0.05) is 0 Å². The van der Waals surface area contributed by atoms with Crippen molar-refractivity contribution in [3.63, 3.8) is 0 Å². The third-order valence-corrected chi connectivity index (χ3v) is 3.13. The Hall–Kier alpha value is -2.57. The molecule has 1 unspecified atom stereocenters. The fraction of sp³-hybridized carbons (Fsp3) is 0.357. The van der Waals surface area contributed by atoms with Gasteiger partial charge in [0.2, 0.25) is 0 Å². The first-order chi connectivity index (χ1) is 10.1. The van der Waals surface area contributed by atoms with Gasteiger partial charge in [0, 0.05) is 12.6 Å². The molecule has 2 rings (SSSR count). The Labute approximate surface area is 122 Å². The van der Waals surface area contributed by atoms with E-state index in [1.54, 1.807) is 37.0 Å². The minimum atomic E-state index is -0.252. The normalized spacial score (nSPS) is 11.8. The summed E-state index contributed by atoms with van der Waals surface area (Å²) in [5.41, 5.74) is 0.488. The number of nitrogens with one attached hydrogen (secondary N) is 1. The van der Waals surface area contributed by atoms with Crippen molar-refractivity contribution in [2.24, 2.45) is 7.05 Å². The topological polar surface area (TPSA) is 78.3 Å². The molecule has 2 aromatic rings. The molecule has 0 aliphatic rings. The van der Waals surface area contributed by atoms with Crippen molar-refractivity contribution in [1.29, 1.82) is 0 Å². The number of methoxy groups -OCH3 is 2. The van der Waals surface area contributed by atoms with Crippen LogP contribution in [0.3, 0.4) is 0 Å². The van der Waals surface area contributed by atoms with Crippen molar-refractivity contribution >= 4 is 5.91 Å². The lowest BCUT2D eigenvalue weighted by atomic mass is 10.1. The number of benzene rings is 1. The average molecular weight is 290 g/mol. The van der Waals surface area contributed by atoms with Crippen LogP contribution in [-0.2, 0) is 7.05 Å². The van der Waals surface area contributed by atoms with Crippen LogP contribution < -0.4 is 14.8 Å². The molecule has 0 saturated heterocycles. The Morgan fingerprint density at radius 3 is 2.57 bits per heavy atom. The molecule has 7 nitrogen and oxygen atoms in total. The van der Waals surface area contributed by atoms with E-state index in [2.05, 4.69) is 15.4 Å². The third-order valence-electron chi connectivity index (χ3n) is 3.13. The molecule has 0 spiro atoms. The van der Waals surface area contributed by atoms with Crippen LogP contribution in [0, 0.1) is 0 Å². The number of ether oxygens (including phenoxy) is 2. The monoisotopic (exact) mass is 290 g/mol. The highest BCUT2D eigenvalue weighted by atomic mass is 16.5. The minimum Gasteiger partial charge on any atom is -0.493 e. The molecule has 1 aromatic heterocycles. The van der Waals surface area contributed by atoms with Crippen molar-refractivity contribution in [3.05, 3.63) is 35.9 Å². The van der Waals surface area contributed by atoms with Crippen LogP contribution in [0.15, 0.2) is 24.5 Å². The van der Waals surface area contributed by atoms with Gasteiger partial charge < -0.3 is 14.8 Å². The molecule has 7 heteroatoms. The largest absolute Gasteiger partial charge is 0.493 e. The van der Waals surface area contributed by atoms with Gasteiger partial charge in [0.25, 0.3) is 5.91 Å². The molecule has 0 fully saturated rings. The lowest BCUT2D eigenvalue weighted by Gasteiger charge is -2.14. The number of nitrogens with zero attached hydrogens (tertiary/aromatic N) is 3. The second-order valence-corrected chi connectivity index (χ2v) is 4.51. The van der Waals surface area contributed by atoms with Crippen LogP contribution in [0.4, 0.5) is 0 Å². The molecule has 0 radical (unpaired) electrons. The molecule has 0 saturated carbocycles. The van der Waals surface area contributed by atoms with E-state index < -0.39 is 0 Å².